The van der Waals surface area contributed by atoms with Gasteiger partial charge >= 0.3 is 0 Å². The predicted molar refractivity (Wildman–Crippen MR) is 119 cm³/mol. The molecule has 1 N–H and O–H groups in total. The summed E-state index contributed by atoms with van der Waals surface area (Å²) >= 11 is 3.40. The zero-order chi connectivity index (χ0) is 21.5. The fraction of sp³-hybridized carbons (Fsp3) is 0.227. The standard InChI is InChI=1S/C22H22BrN3O4/c1-29-17-9-11-20(30-2)19(14-17)24-21(27)4-3-13-26-22(28)12-10-18(25-26)15-5-7-16(23)8-6-15/h5-12,14H,3-4,13H2,1-2H3,(H,24,27). The number of amides is 1. The normalized spacial score (nSPS) is 10.5. The van der Waals surface area contributed by atoms with Crippen molar-refractivity contribution in [2.24, 2.45) is 0 Å². The topological polar surface area (TPSA) is 82.4 Å². The highest BCUT2D eigenvalue weighted by atomic mass is 79.9. The fourth-order valence-corrected chi connectivity index (χ4v) is 3.16. The van der Waals surface area contributed by atoms with Gasteiger partial charge in [0.1, 0.15) is 11.5 Å². The maximum Gasteiger partial charge on any atom is 0.266 e. The minimum absolute atomic E-state index is 0.182. The maximum absolute atomic E-state index is 12.4. The summed E-state index contributed by atoms with van der Waals surface area (Å²) in [7, 11) is 3.09. The van der Waals surface area contributed by atoms with Crippen LogP contribution < -0.4 is 20.3 Å². The molecule has 0 radical (unpaired) electrons. The second-order valence-corrected chi connectivity index (χ2v) is 7.42. The van der Waals surface area contributed by atoms with Gasteiger partial charge in [0, 0.05) is 35.1 Å². The largest absolute Gasteiger partial charge is 0.497 e. The van der Waals surface area contributed by atoms with Crippen LogP contribution in [0.25, 0.3) is 11.3 Å². The minimum atomic E-state index is -0.203. The van der Waals surface area contributed by atoms with Crippen LogP contribution in [0.4, 0.5) is 5.69 Å². The van der Waals surface area contributed by atoms with E-state index < -0.39 is 0 Å². The number of hydrogen-bond acceptors (Lipinski definition) is 5. The number of hydrogen-bond donors (Lipinski definition) is 1. The van der Waals surface area contributed by atoms with Crippen molar-refractivity contribution in [3.63, 3.8) is 0 Å². The van der Waals surface area contributed by atoms with E-state index in [1.165, 1.54) is 17.9 Å². The molecule has 1 heterocycles. The van der Waals surface area contributed by atoms with E-state index in [0.717, 1.165) is 10.0 Å². The summed E-state index contributed by atoms with van der Waals surface area (Å²) in [6.07, 6.45) is 0.700. The molecule has 0 atom stereocenters. The number of nitrogens with zero attached hydrogens (tertiary/aromatic N) is 2. The number of nitrogens with one attached hydrogen (secondary N) is 1. The molecule has 1 aromatic heterocycles. The number of halogens is 1. The summed E-state index contributed by atoms with van der Waals surface area (Å²) in [6.45, 7) is 0.339. The molecule has 0 fully saturated rings. The Balaban J connectivity index is 1.62. The Kier molecular flexibility index (Phi) is 7.24. The second-order valence-electron chi connectivity index (χ2n) is 6.50. The Morgan fingerprint density at radius 3 is 2.53 bits per heavy atom. The van der Waals surface area contributed by atoms with Gasteiger partial charge in [-0.25, -0.2) is 4.68 Å². The number of benzene rings is 2. The van der Waals surface area contributed by atoms with Crippen LogP contribution >= 0.6 is 15.9 Å². The van der Waals surface area contributed by atoms with E-state index in [2.05, 4.69) is 26.3 Å². The van der Waals surface area contributed by atoms with E-state index in [-0.39, 0.29) is 17.9 Å². The highest BCUT2D eigenvalue weighted by Gasteiger charge is 2.10. The molecule has 0 unspecified atom stereocenters. The van der Waals surface area contributed by atoms with Gasteiger partial charge in [0.2, 0.25) is 5.91 Å². The van der Waals surface area contributed by atoms with Crippen molar-refractivity contribution in [2.75, 3.05) is 19.5 Å². The highest BCUT2D eigenvalue weighted by Crippen LogP contribution is 2.29. The highest BCUT2D eigenvalue weighted by molar-refractivity contribution is 9.10. The lowest BCUT2D eigenvalue weighted by Crippen LogP contribution is -2.23. The first kappa shape index (κ1) is 21.6. The van der Waals surface area contributed by atoms with Crippen molar-refractivity contribution in [1.82, 2.24) is 9.78 Å². The van der Waals surface area contributed by atoms with Crippen molar-refractivity contribution in [2.45, 2.75) is 19.4 Å². The van der Waals surface area contributed by atoms with Crippen molar-refractivity contribution in [3.05, 3.63) is 69.4 Å². The molecule has 8 heteroatoms. The van der Waals surface area contributed by atoms with Crippen LogP contribution in [-0.4, -0.2) is 29.9 Å². The van der Waals surface area contributed by atoms with Crippen LogP contribution in [0.2, 0.25) is 0 Å². The van der Waals surface area contributed by atoms with Gasteiger partial charge in [-0.1, -0.05) is 28.1 Å². The zero-order valence-electron chi connectivity index (χ0n) is 16.7. The Morgan fingerprint density at radius 1 is 1.07 bits per heavy atom. The SMILES string of the molecule is COc1ccc(OC)c(NC(=O)CCCn2nc(-c3ccc(Br)cc3)ccc2=O)c1. The predicted octanol–water partition coefficient (Wildman–Crippen LogP) is 4.11. The number of ether oxygens (including phenoxy) is 2. The number of methoxy groups -OCH3 is 2. The lowest BCUT2D eigenvalue weighted by molar-refractivity contribution is -0.116. The Bertz CT molecular complexity index is 1080. The van der Waals surface area contributed by atoms with Gasteiger partial charge in [-0.3, -0.25) is 9.59 Å². The van der Waals surface area contributed by atoms with E-state index in [1.807, 2.05) is 24.3 Å². The van der Waals surface area contributed by atoms with Gasteiger partial charge in [-0.2, -0.15) is 5.10 Å². The molecule has 0 saturated heterocycles. The quantitative estimate of drug-likeness (QED) is 0.534. The number of anilines is 1. The molecule has 30 heavy (non-hydrogen) atoms. The zero-order valence-corrected chi connectivity index (χ0v) is 18.3. The molecule has 7 nitrogen and oxygen atoms in total. The summed E-state index contributed by atoms with van der Waals surface area (Å²) in [5.74, 6) is 0.981. The molecular formula is C22H22BrN3O4. The van der Waals surface area contributed by atoms with Gasteiger partial charge < -0.3 is 14.8 Å². The third-order valence-electron chi connectivity index (χ3n) is 4.46. The summed E-state index contributed by atoms with van der Waals surface area (Å²) in [4.78, 5) is 24.5. The van der Waals surface area contributed by atoms with Crippen molar-refractivity contribution >= 4 is 27.5 Å². The monoisotopic (exact) mass is 471 g/mol. The third-order valence-corrected chi connectivity index (χ3v) is 4.99. The molecule has 0 aliphatic rings. The number of carbonyl (C=O) groups excluding carboxylic acids is 1. The summed E-state index contributed by atoms with van der Waals surface area (Å²) in [5.41, 5.74) is 1.95. The molecule has 3 aromatic rings. The van der Waals surface area contributed by atoms with Crippen molar-refractivity contribution in [1.29, 1.82) is 0 Å². The van der Waals surface area contributed by atoms with Crippen LogP contribution in [0.5, 0.6) is 11.5 Å². The first-order chi connectivity index (χ1) is 14.5. The molecule has 3 rings (SSSR count). The van der Waals surface area contributed by atoms with Gasteiger partial charge in [0.05, 0.1) is 25.6 Å². The molecule has 2 aromatic carbocycles. The molecule has 156 valence electrons. The number of rotatable bonds is 8. The molecule has 0 aliphatic heterocycles. The van der Waals surface area contributed by atoms with Gasteiger partial charge in [-0.05, 0) is 36.8 Å². The number of carbonyl (C=O) groups is 1. The van der Waals surface area contributed by atoms with Gasteiger partial charge in [0.15, 0.2) is 0 Å². The molecule has 1 amide bonds. The summed E-state index contributed by atoms with van der Waals surface area (Å²) in [6, 6.07) is 16.1. The number of aromatic nitrogens is 2. The van der Waals surface area contributed by atoms with Crippen LogP contribution in [0.15, 0.2) is 63.9 Å². The van der Waals surface area contributed by atoms with Crippen molar-refractivity contribution in [3.8, 4) is 22.8 Å². The smallest absolute Gasteiger partial charge is 0.266 e. The average Bonchev–Trinajstić information content (AvgIpc) is 2.75. The lowest BCUT2D eigenvalue weighted by Gasteiger charge is -2.12. The van der Waals surface area contributed by atoms with E-state index in [4.69, 9.17) is 9.47 Å². The summed E-state index contributed by atoms with van der Waals surface area (Å²) < 4.78 is 12.8. The summed E-state index contributed by atoms with van der Waals surface area (Å²) in [5, 5.41) is 7.25. The van der Waals surface area contributed by atoms with Crippen molar-refractivity contribution < 1.29 is 14.3 Å². The van der Waals surface area contributed by atoms with E-state index in [1.54, 1.807) is 31.4 Å². The molecule has 0 bridgehead atoms. The van der Waals surface area contributed by atoms with E-state index >= 15 is 0 Å². The Labute approximate surface area is 182 Å². The molecule has 0 spiro atoms. The molecular weight excluding hydrogens is 450 g/mol. The second kappa shape index (κ2) is 10.1. The van der Waals surface area contributed by atoms with E-state index in [9.17, 15) is 9.59 Å². The maximum atomic E-state index is 12.4. The average molecular weight is 472 g/mol. The van der Waals surface area contributed by atoms with Crippen LogP contribution in [-0.2, 0) is 11.3 Å². The Hall–Kier alpha value is -3.13. The number of aryl methyl sites for hydroxylation is 1. The van der Waals surface area contributed by atoms with Crippen LogP contribution in [0, 0.1) is 0 Å². The molecule has 0 saturated carbocycles. The lowest BCUT2D eigenvalue weighted by atomic mass is 10.1. The molecule has 0 aliphatic carbocycles. The Morgan fingerprint density at radius 2 is 1.83 bits per heavy atom. The fourth-order valence-electron chi connectivity index (χ4n) is 2.90. The first-order valence-electron chi connectivity index (χ1n) is 9.36. The van der Waals surface area contributed by atoms with Gasteiger partial charge in [-0.15, -0.1) is 0 Å². The first-order valence-corrected chi connectivity index (χ1v) is 10.2. The van der Waals surface area contributed by atoms with E-state index in [0.29, 0.717) is 35.8 Å². The third kappa shape index (κ3) is 5.48. The van der Waals surface area contributed by atoms with Crippen LogP contribution in [0.1, 0.15) is 12.8 Å². The minimum Gasteiger partial charge on any atom is -0.497 e. The van der Waals surface area contributed by atoms with Gasteiger partial charge in [0.25, 0.3) is 5.56 Å². The van der Waals surface area contributed by atoms with Crippen LogP contribution in [0.3, 0.4) is 0 Å².